The van der Waals surface area contributed by atoms with E-state index in [1.54, 1.807) is 62.3 Å². The second kappa shape index (κ2) is 11.1. The molecule has 0 atom stereocenters. The highest BCUT2D eigenvalue weighted by molar-refractivity contribution is 5.96. The number of hydrogen-bond acceptors (Lipinski definition) is 5. The van der Waals surface area contributed by atoms with E-state index >= 15 is 0 Å². The lowest BCUT2D eigenvalue weighted by Crippen LogP contribution is -2.29. The van der Waals surface area contributed by atoms with Crippen LogP contribution in [0.25, 0.3) is 0 Å². The first-order valence-corrected chi connectivity index (χ1v) is 9.33. The molecule has 2 aromatic rings. The molecular weight excluding hydrogens is 396 g/mol. The number of likely N-dealkylation sites (N-methyl/N-ethyl adjacent to an activating group) is 1. The lowest BCUT2D eigenvalue weighted by Gasteiger charge is -2.18. The largest absolute Gasteiger partial charge is 0.490 e. The quantitative estimate of drug-likeness (QED) is 0.616. The molecule has 0 saturated heterocycles. The third kappa shape index (κ3) is 7.00. The second-order valence-electron chi connectivity index (χ2n) is 6.47. The maximum atomic E-state index is 12.5. The Balaban J connectivity index is 1.94. The predicted octanol–water partition coefficient (Wildman–Crippen LogP) is 3.12. The number of carbonyl (C=O) groups is 2. The number of hydrogen-bond donors (Lipinski definition) is 2. The molecule has 0 fully saturated rings. The average Bonchev–Trinajstić information content (AvgIpc) is 2.69. The number of alkyl halides is 2. The molecule has 0 bridgehead atoms. The Morgan fingerprint density at radius 2 is 1.80 bits per heavy atom. The molecule has 0 aliphatic heterocycles. The van der Waals surface area contributed by atoms with E-state index in [2.05, 4.69) is 15.4 Å². The van der Waals surface area contributed by atoms with Crippen molar-refractivity contribution in [2.24, 2.45) is 0 Å². The van der Waals surface area contributed by atoms with Crippen LogP contribution in [0.15, 0.2) is 42.5 Å². The number of carbonyl (C=O) groups excluding carboxylic acids is 2. The van der Waals surface area contributed by atoms with Gasteiger partial charge in [-0.2, -0.15) is 8.78 Å². The van der Waals surface area contributed by atoms with E-state index < -0.39 is 6.61 Å². The van der Waals surface area contributed by atoms with Crippen molar-refractivity contribution in [1.82, 2.24) is 10.2 Å². The monoisotopic (exact) mass is 421 g/mol. The van der Waals surface area contributed by atoms with Crippen molar-refractivity contribution in [2.75, 3.05) is 32.6 Å². The lowest BCUT2D eigenvalue weighted by atomic mass is 10.2. The summed E-state index contributed by atoms with van der Waals surface area (Å²) in [6.07, 6.45) is 0. The molecule has 30 heavy (non-hydrogen) atoms. The van der Waals surface area contributed by atoms with Crippen molar-refractivity contribution in [1.29, 1.82) is 0 Å². The Bertz CT molecular complexity index is 860. The highest BCUT2D eigenvalue weighted by Gasteiger charge is 2.14. The third-order valence-electron chi connectivity index (χ3n) is 4.05. The minimum atomic E-state index is -2.94. The van der Waals surface area contributed by atoms with Gasteiger partial charge >= 0.3 is 6.61 Å². The molecule has 2 amide bonds. The van der Waals surface area contributed by atoms with Gasteiger partial charge in [0.05, 0.1) is 13.2 Å². The zero-order chi connectivity index (χ0) is 22.1. The van der Waals surface area contributed by atoms with Crippen molar-refractivity contribution in [3.63, 3.8) is 0 Å². The Morgan fingerprint density at radius 3 is 2.40 bits per heavy atom. The zero-order valence-electron chi connectivity index (χ0n) is 17.1. The molecule has 9 heteroatoms. The molecule has 0 heterocycles. The van der Waals surface area contributed by atoms with Crippen LogP contribution in [0.2, 0.25) is 0 Å². The van der Waals surface area contributed by atoms with Gasteiger partial charge in [0.25, 0.3) is 5.91 Å². The maximum Gasteiger partial charge on any atom is 0.387 e. The normalized spacial score (nSPS) is 10.8. The summed E-state index contributed by atoms with van der Waals surface area (Å²) in [5.41, 5.74) is 1.86. The van der Waals surface area contributed by atoms with Crippen LogP contribution >= 0.6 is 0 Å². The molecule has 0 aliphatic rings. The Labute approximate surface area is 174 Å². The van der Waals surface area contributed by atoms with Gasteiger partial charge in [0.15, 0.2) is 11.5 Å². The molecule has 7 nitrogen and oxygen atoms in total. The molecule has 162 valence electrons. The predicted molar refractivity (Wildman–Crippen MR) is 109 cm³/mol. The van der Waals surface area contributed by atoms with E-state index in [1.807, 2.05) is 0 Å². The first-order valence-electron chi connectivity index (χ1n) is 9.33. The van der Waals surface area contributed by atoms with Crippen LogP contribution in [0, 0.1) is 0 Å². The van der Waals surface area contributed by atoms with Crippen molar-refractivity contribution in [3.05, 3.63) is 53.6 Å². The van der Waals surface area contributed by atoms with Gasteiger partial charge in [0.2, 0.25) is 5.91 Å². The fourth-order valence-electron chi connectivity index (χ4n) is 2.77. The van der Waals surface area contributed by atoms with Gasteiger partial charge in [-0.25, -0.2) is 0 Å². The Morgan fingerprint density at radius 1 is 1.10 bits per heavy atom. The van der Waals surface area contributed by atoms with Crippen LogP contribution in [0.1, 0.15) is 22.8 Å². The number of rotatable bonds is 10. The molecule has 0 radical (unpaired) electrons. The Kier molecular flexibility index (Phi) is 8.54. The molecule has 0 saturated carbocycles. The van der Waals surface area contributed by atoms with Crippen molar-refractivity contribution in [2.45, 2.75) is 20.1 Å². The van der Waals surface area contributed by atoms with Crippen LogP contribution < -0.4 is 20.1 Å². The molecule has 0 spiro atoms. The van der Waals surface area contributed by atoms with Crippen LogP contribution in [0.4, 0.5) is 14.5 Å². The smallest absolute Gasteiger partial charge is 0.387 e. The summed E-state index contributed by atoms with van der Waals surface area (Å²) in [5.74, 6) is -0.238. The second-order valence-corrected chi connectivity index (χ2v) is 6.47. The molecule has 0 aromatic heterocycles. The number of nitrogens with one attached hydrogen (secondary N) is 2. The Hall–Kier alpha value is -3.20. The van der Waals surface area contributed by atoms with E-state index in [9.17, 15) is 18.4 Å². The van der Waals surface area contributed by atoms with Gasteiger partial charge in [0.1, 0.15) is 0 Å². The molecule has 0 aliphatic carbocycles. The maximum absolute atomic E-state index is 12.5. The first-order chi connectivity index (χ1) is 14.3. The number of benzene rings is 2. The summed E-state index contributed by atoms with van der Waals surface area (Å²) in [4.78, 5) is 25.6. The number of nitrogens with zero attached hydrogens (tertiary/aromatic N) is 1. The highest BCUT2D eigenvalue weighted by atomic mass is 19.3. The van der Waals surface area contributed by atoms with Crippen molar-refractivity contribution in [3.8, 4) is 11.5 Å². The van der Waals surface area contributed by atoms with Crippen LogP contribution in [-0.2, 0) is 11.3 Å². The van der Waals surface area contributed by atoms with Crippen LogP contribution in [-0.4, -0.2) is 50.6 Å². The SMILES string of the molecule is CCOc1cc(CN(C)CC(=O)Nc2ccc(C(=O)NC)cc2)ccc1OC(F)F. The summed E-state index contributed by atoms with van der Waals surface area (Å²) in [7, 11) is 3.31. The fraction of sp³-hybridized carbons (Fsp3) is 0.333. The number of anilines is 1. The minimum absolute atomic E-state index is 0.0313. The molecule has 2 aromatic carbocycles. The van der Waals surface area contributed by atoms with Gasteiger partial charge < -0.3 is 20.1 Å². The minimum Gasteiger partial charge on any atom is -0.490 e. The molecular formula is C21H25F2N3O4. The molecule has 2 N–H and O–H groups in total. The first kappa shape index (κ1) is 23.1. The number of ether oxygens (including phenoxy) is 2. The van der Waals surface area contributed by atoms with Crippen molar-refractivity contribution < 1.29 is 27.8 Å². The topological polar surface area (TPSA) is 79.9 Å². The summed E-state index contributed by atoms with van der Waals surface area (Å²) >= 11 is 0. The average molecular weight is 421 g/mol. The van der Waals surface area contributed by atoms with Gasteiger partial charge in [-0.15, -0.1) is 0 Å². The van der Waals surface area contributed by atoms with Gasteiger partial charge in [0, 0.05) is 24.8 Å². The summed E-state index contributed by atoms with van der Waals surface area (Å²) in [5, 5.41) is 5.29. The van der Waals surface area contributed by atoms with Crippen LogP contribution in [0.5, 0.6) is 11.5 Å². The number of amides is 2. The molecule has 2 rings (SSSR count). The third-order valence-corrected chi connectivity index (χ3v) is 4.05. The summed E-state index contributed by atoms with van der Waals surface area (Å²) in [6, 6.07) is 11.2. The highest BCUT2D eigenvalue weighted by Crippen LogP contribution is 2.30. The summed E-state index contributed by atoms with van der Waals surface area (Å²) < 4.78 is 34.8. The van der Waals surface area contributed by atoms with Gasteiger partial charge in [-0.3, -0.25) is 14.5 Å². The lowest BCUT2D eigenvalue weighted by molar-refractivity contribution is -0.117. The van der Waals surface area contributed by atoms with Crippen LogP contribution in [0.3, 0.4) is 0 Å². The van der Waals surface area contributed by atoms with E-state index in [4.69, 9.17) is 4.74 Å². The van der Waals surface area contributed by atoms with E-state index in [-0.39, 0.29) is 29.9 Å². The van der Waals surface area contributed by atoms with Gasteiger partial charge in [-0.1, -0.05) is 6.07 Å². The van der Waals surface area contributed by atoms with E-state index in [0.29, 0.717) is 24.4 Å². The van der Waals surface area contributed by atoms with Crippen molar-refractivity contribution >= 4 is 17.5 Å². The summed E-state index contributed by atoms with van der Waals surface area (Å²) in [6.45, 7) is -0.378. The fourth-order valence-corrected chi connectivity index (χ4v) is 2.77. The van der Waals surface area contributed by atoms with Gasteiger partial charge in [-0.05, 0) is 55.9 Å². The molecule has 0 unspecified atom stereocenters. The number of halogens is 2. The van der Waals surface area contributed by atoms with E-state index in [0.717, 1.165) is 5.56 Å². The standard InChI is InChI=1S/C21H25F2N3O4/c1-4-29-18-11-14(5-10-17(18)30-21(22)23)12-26(3)13-19(27)25-16-8-6-15(7-9-16)20(28)24-2/h5-11,21H,4,12-13H2,1-3H3,(H,24,28)(H,25,27). The van der Waals surface area contributed by atoms with E-state index in [1.165, 1.54) is 6.07 Å². The zero-order valence-corrected chi connectivity index (χ0v) is 17.1.